The number of likely N-dealkylation sites (N-methyl/N-ethyl adjacent to an activating group) is 1. The van der Waals surface area contributed by atoms with Crippen molar-refractivity contribution in [3.8, 4) is 0 Å². The second kappa shape index (κ2) is 12.6. The fourth-order valence-electron chi connectivity index (χ4n) is 2.65. The van der Waals surface area contributed by atoms with Crippen molar-refractivity contribution in [3.05, 3.63) is 0 Å². The van der Waals surface area contributed by atoms with Crippen LogP contribution in [0.25, 0.3) is 0 Å². The van der Waals surface area contributed by atoms with Crippen LogP contribution in [0.5, 0.6) is 0 Å². The van der Waals surface area contributed by atoms with Crippen LogP contribution in [0.1, 0.15) is 40.5 Å². The minimum atomic E-state index is -0.500. The fraction of sp³-hybridized carbons (Fsp3) is 0.889. The summed E-state index contributed by atoms with van der Waals surface area (Å²) in [5.41, 5.74) is -0.579. The van der Waals surface area contributed by atoms with Crippen LogP contribution in [-0.2, 0) is 9.47 Å². The maximum atomic E-state index is 12.0. The summed E-state index contributed by atoms with van der Waals surface area (Å²) < 4.78 is 10.8. The minimum Gasteiger partial charge on any atom is -0.444 e. The molecule has 1 aliphatic heterocycles. The Morgan fingerprint density at radius 1 is 1.37 bits per heavy atom. The molecule has 160 valence electrons. The number of hydrogen-bond acceptors (Lipinski definition) is 5. The summed E-state index contributed by atoms with van der Waals surface area (Å²) in [5, 5.41) is 15.8. The Bertz CT molecular complexity index is 463. The molecule has 1 amide bonds. The average molecular weight is 500 g/mol. The highest BCUT2D eigenvalue weighted by Gasteiger charge is 2.34. The molecule has 1 aliphatic rings. The molecule has 1 unspecified atom stereocenters. The Hall–Kier alpha value is -0.810. The number of aliphatic hydroxyl groups is 1. The van der Waals surface area contributed by atoms with Gasteiger partial charge in [0.1, 0.15) is 5.60 Å². The molecular weight excluding hydrogens is 463 g/mol. The van der Waals surface area contributed by atoms with Gasteiger partial charge >= 0.3 is 6.09 Å². The molecule has 0 aromatic heterocycles. The quantitative estimate of drug-likeness (QED) is 0.268. The Morgan fingerprint density at radius 2 is 2.07 bits per heavy atom. The Kier molecular flexibility index (Phi) is 12.2. The number of ether oxygens (including phenoxy) is 2. The van der Waals surface area contributed by atoms with E-state index in [1.54, 1.807) is 11.9 Å². The van der Waals surface area contributed by atoms with Crippen LogP contribution in [0.2, 0.25) is 0 Å². The number of hydrogen-bond donors (Lipinski definition) is 3. The monoisotopic (exact) mass is 500 g/mol. The number of amides is 1. The topological polar surface area (TPSA) is 95.4 Å². The van der Waals surface area contributed by atoms with Gasteiger partial charge in [-0.25, -0.2) is 4.79 Å². The summed E-state index contributed by atoms with van der Waals surface area (Å²) in [4.78, 5) is 18.2. The lowest BCUT2D eigenvalue weighted by molar-refractivity contribution is 0.0302. The van der Waals surface area contributed by atoms with Crippen molar-refractivity contribution < 1.29 is 19.4 Å². The predicted octanol–water partition coefficient (Wildman–Crippen LogP) is 1.82. The summed E-state index contributed by atoms with van der Waals surface area (Å²) in [6.45, 7) is 11.5. The third kappa shape index (κ3) is 10.3. The molecule has 0 spiro atoms. The minimum absolute atomic E-state index is 0. The van der Waals surface area contributed by atoms with Gasteiger partial charge in [-0.3, -0.25) is 4.99 Å². The van der Waals surface area contributed by atoms with Gasteiger partial charge in [0.2, 0.25) is 0 Å². The molecule has 1 saturated heterocycles. The van der Waals surface area contributed by atoms with Gasteiger partial charge in [0.15, 0.2) is 5.96 Å². The Labute approximate surface area is 180 Å². The van der Waals surface area contributed by atoms with E-state index in [0.29, 0.717) is 38.6 Å². The highest BCUT2D eigenvalue weighted by atomic mass is 127. The molecule has 1 rings (SSSR count). The van der Waals surface area contributed by atoms with E-state index in [4.69, 9.17) is 9.47 Å². The third-order valence-corrected chi connectivity index (χ3v) is 4.19. The number of aliphatic hydroxyl groups excluding tert-OH is 1. The summed E-state index contributed by atoms with van der Waals surface area (Å²) >= 11 is 0. The molecule has 8 nitrogen and oxygen atoms in total. The van der Waals surface area contributed by atoms with Gasteiger partial charge in [-0.2, -0.15) is 0 Å². The molecule has 0 saturated carbocycles. The number of halogens is 1. The zero-order valence-electron chi connectivity index (χ0n) is 17.3. The van der Waals surface area contributed by atoms with E-state index in [-0.39, 0.29) is 42.1 Å². The van der Waals surface area contributed by atoms with Crippen molar-refractivity contribution in [1.82, 2.24) is 15.5 Å². The van der Waals surface area contributed by atoms with E-state index >= 15 is 0 Å². The van der Waals surface area contributed by atoms with Crippen molar-refractivity contribution in [1.29, 1.82) is 0 Å². The highest BCUT2D eigenvalue weighted by Crippen LogP contribution is 2.32. The normalized spacial score (nSPS) is 20.0. The molecule has 0 aromatic carbocycles. The van der Waals surface area contributed by atoms with E-state index in [9.17, 15) is 9.90 Å². The van der Waals surface area contributed by atoms with Crippen molar-refractivity contribution in [2.75, 3.05) is 53.0 Å². The van der Waals surface area contributed by atoms with Gasteiger partial charge in [-0.1, -0.05) is 0 Å². The first-order valence-electron chi connectivity index (χ1n) is 9.36. The van der Waals surface area contributed by atoms with E-state index in [0.717, 1.165) is 19.6 Å². The first-order valence-corrected chi connectivity index (χ1v) is 9.36. The van der Waals surface area contributed by atoms with Crippen LogP contribution in [0.15, 0.2) is 4.99 Å². The van der Waals surface area contributed by atoms with Gasteiger partial charge in [0, 0.05) is 45.3 Å². The molecule has 3 N–H and O–H groups in total. The van der Waals surface area contributed by atoms with Gasteiger partial charge in [-0.05, 0) is 40.5 Å². The summed E-state index contributed by atoms with van der Waals surface area (Å²) in [5.74, 6) is 0.703. The standard InChI is InChI=1S/C18H36N4O4.HI/c1-6-19-15(21-13-18(7-11-23)8-12-25-14-18)20-9-10-22(5)16(24)26-17(2,3)4;/h23H,6-14H2,1-5H3,(H2,19,20,21);1H. The van der Waals surface area contributed by atoms with Gasteiger partial charge in [-0.15, -0.1) is 24.0 Å². The number of nitrogens with one attached hydrogen (secondary N) is 2. The number of carbonyl (C=O) groups is 1. The van der Waals surface area contributed by atoms with Crippen LogP contribution >= 0.6 is 24.0 Å². The number of rotatable bonds is 8. The molecule has 27 heavy (non-hydrogen) atoms. The summed E-state index contributed by atoms with van der Waals surface area (Å²) in [7, 11) is 1.71. The molecule has 9 heteroatoms. The third-order valence-electron chi connectivity index (χ3n) is 4.19. The number of guanidine groups is 1. The average Bonchev–Trinajstić information content (AvgIpc) is 3.00. The molecule has 1 fully saturated rings. The maximum Gasteiger partial charge on any atom is 0.410 e. The lowest BCUT2D eigenvalue weighted by Gasteiger charge is -2.26. The number of aliphatic imine (C=N–C) groups is 1. The summed E-state index contributed by atoms with van der Waals surface area (Å²) in [6, 6.07) is 0. The van der Waals surface area contributed by atoms with Crippen molar-refractivity contribution in [3.63, 3.8) is 0 Å². The smallest absolute Gasteiger partial charge is 0.410 e. The van der Waals surface area contributed by atoms with Gasteiger partial charge in [0.05, 0.1) is 13.2 Å². The molecule has 1 heterocycles. The van der Waals surface area contributed by atoms with Crippen molar-refractivity contribution in [2.24, 2.45) is 10.4 Å². The second-order valence-corrected chi connectivity index (χ2v) is 7.80. The van der Waals surface area contributed by atoms with Crippen molar-refractivity contribution >= 4 is 36.0 Å². The van der Waals surface area contributed by atoms with E-state index in [1.807, 2.05) is 27.7 Å². The SMILES string of the molecule is CCNC(=NCC1(CCO)CCOC1)NCCN(C)C(=O)OC(C)(C)C.I. The van der Waals surface area contributed by atoms with Gasteiger partial charge in [0.25, 0.3) is 0 Å². The fourth-order valence-corrected chi connectivity index (χ4v) is 2.65. The lowest BCUT2D eigenvalue weighted by Crippen LogP contribution is -2.43. The second-order valence-electron chi connectivity index (χ2n) is 7.80. The molecule has 0 aromatic rings. The van der Waals surface area contributed by atoms with E-state index < -0.39 is 5.60 Å². The molecular formula is C18H37IN4O4. The number of nitrogens with zero attached hydrogens (tertiary/aromatic N) is 2. The Balaban J connectivity index is 0.00000676. The molecule has 0 bridgehead atoms. The van der Waals surface area contributed by atoms with Crippen LogP contribution < -0.4 is 10.6 Å². The lowest BCUT2D eigenvalue weighted by atomic mass is 9.84. The molecule has 1 atom stereocenters. The first-order chi connectivity index (χ1) is 12.2. The molecule has 0 aliphatic carbocycles. The van der Waals surface area contributed by atoms with Crippen LogP contribution in [0.4, 0.5) is 4.79 Å². The number of carbonyl (C=O) groups excluding carboxylic acids is 1. The Morgan fingerprint density at radius 3 is 2.59 bits per heavy atom. The van der Waals surface area contributed by atoms with Crippen LogP contribution in [-0.4, -0.2) is 80.7 Å². The van der Waals surface area contributed by atoms with Crippen LogP contribution in [0.3, 0.4) is 0 Å². The van der Waals surface area contributed by atoms with Gasteiger partial charge < -0.3 is 30.1 Å². The van der Waals surface area contributed by atoms with E-state index in [2.05, 4.69) is 15.6 Å². The van der Waals surface area contributed by atoms with Crippen LogP contribution in [0, 0.1) is 5.41 Å². The zero-order valence-corrected chi connectivity index (χ0v) is 19.7. The highest BCUT2D eigenvalue weighted by molar-refractivity contribution is 14.0. The summed E-state index contributed by atoms with van der Waals surface area (Å²) in [6.07, 6.45) is 1.26. The zero-order chi connectivity index (χ0) is 19.6. The van der Waals surface area contributed by atoms with Crippen molar-refractivity contribution in [2.45, 2.75) is 46.1 Å². The predicted molar refractivity (Wildman–Crippen MR) is 118 cm³/mol. The first kappa shape index (κ1) is 26.2. The molecule has 0 radical (unpaired) electrons. The maximum absolute atomic E-state index is 12.0. The van der Waals surface area contributed by atoms with E-state index in [1.165, 1.54) is 0 Å². The largest absolute Gasteiger partial charge is 0.444 e.